The Morgan fingerprint density at radius 2 is 2.20 bits per heavy atom. The maximum absolute atomic E-state index is 12.9. The van der Waals surface area contributed by atoms with Gasteiger partial charge in [-0.15, -0.1) is 0 Å². The van der Waals surface area contributed by atoms with Crippen LogP contribution in [-0.4, -0.2) is 33.0 Å². The van der Waals surface area contributed by atoms with Crippen molar-refractivity contribution in [3.63, 3.8) is 0 Å². The molecule has 0 bridgehead atoms. The molecule has 2 unspecified atom stereocenters. The molecule has 6 nitrogen and oxygen atoms in total. The zero-order chi connectivity index (χ0) is 18.1. The smallest absolute Gasteiger partial charge is 0.252 e. The molecule has 2 aromatic heterocycles. The second-order valence-electron chi connectivity index (χ2n) is 6.90. The van der Waals surface area contributed by atoms with Crippen molar-refractivity contribution in [3.05, 3.63) is 41.1 Å². The summed E-state index contributed by atoms with van der Waals surface area (Å²) in [6.45, 7) is 8.99. The quantitative estimate of drug-likeness (QED) is 0.835. The van der Waals surface area contributed by atoms with Crippen molar-refractivity contribution in [2.45, 2.75) is 53.0 Å². The van der Waals surface area contributed by atoms with Crippen molar-refractivity contribution in [1.29, 1.82) is 0 Å². The number of hydrogen-bond donors (Lipinski definition) is 0. The maximum Gasteiger partial charge on any atom is 0.252 e. The molecule has 0 spiro atoms. The highest BCUT2D eigenvalue weighted by Crippen LogP contribution is 2.28. The predicted octanol–water partition coefficient (Wildman–Crippen LogP) is 3.30. The van der Waals surface area contributed by atoms with Gasteiger partial charge in [0.1, 0.15) is 5.76 Å². The number of rotatable bonds is 5. The lowest BCUT2D eigenvalue weighted by Crippen LogP contribution is -2.28. The van der Waals surface area contributed by atoms with E-state index in [1.165, 1.54) is 4.68 Å². The number of aromatic nitrogens is 2. The van der Waals surface area contributed by atoms with Crippen LogP contribution in [0.4, 0.5) is 0 Å². The van der Waals surface area contributed by atoms with E-state index < -0.39 is 0 Å². The van der Waals surface area contributed by atoms with Crippen molar-refractivity contribution in [1.82, 2.24) is 14.7 Å². The lowest BCUT2D eigenvalue weighted by Gasteiger charge is -2.15. The van der Waals surface area contributed by atoms with E-state index in [9.17, 15) is 9.59 Å². The van der Waals surface area contributed by atoms with Gasteiger partial charge in [0.2, 0.25) is 5.91 Å². The molecular formula is C19H25N3O3. The summed E-state index contributed by atoms with van der Waals surface area (Å²) in [6.07, 6.45) is 2.82. The highest BCUT2D eigenvalue weighted by Gasteiger charge is 2.36. The molecule has 0 saturated carbocycles. The van der Waals surface area contributed by atoms with Gasteiger partial charge in [-0.2, -0.15) is 5.10 Å². The molecule has 1 aliphatic rings. The molecule has 25 heavy (non-hydrogen) atoms. The third-order valence-electron chi connectivity index (χ3n) is 5.15. The van der Waals surface area contributed by atoms with Gasteiger partial charge in [0.15, 0.2) is 0 Å². The van der Waals surface area contributed by atoms with Crippen LogP contribution in [0.25, 0.3) is 0 Å². The standard InChI is InChI=1S/C19H25N3O3/c1-5-12(2)18-13(3)20-22(14(18)4)19(24)15-9-17(23)21(10-15)11-16-7-6-8-25-16/h6-8,12,15H,5,9-11H2,1-4H3. The topological polar surface area (TPSA) is 68.3 Å². The second-order valence-corrected chi connectivity index (χ2v) is 6.90. The Kier molecular flexibility index (Phi) is 4.79. The number of nitrogens with zero attached hydrogens (tertiary/aromatic N) is 3. The van der Waals surface area contributed by atoms with Gasteiger partial charge >= 0.3 is 0 Å². The third kappa shape index (κ3) is 3.25. The summed E-state index contributed by atoms with van der Waals surface area (Å²) in [5.74, 6) is 0.628. The Bertz CT molecular complexity index is 776. The van der Waals surface area contributed by atoms with Crippen molar-refractivity contribution in [3.8, 4) is 0 Å². The molecule has 1 saturated heterocycles. The van der Waals surface area contributed by atoms with E-state index in [1.807, 2.05) is 19.9 Å². The lowest BCUT2D eigenvalue weighted by atomic mass is 9.97. The fourth-order valence-corrected chi connectivity index (χ4v) is 3.64. The number of carbonyl (C=O) groups excluding carboxylic acids is 2. The number of aryl methyl sites for hydroxylation is 1. The zero-order valence-electron chi connectivity index (χ0n) is 15.3. The van der Waals surface area contributed by atoms with Gasteiger partial charge in [-0.1, -0.05) is 13.8 Å². The first-order chi connectivity index (χ1) is 11.9. The molecule has 0 radical (unpaired) electrons. The molecule has 0 aliphatic carbocycles. The average Bonchev–Trinajstić information content (AvgIpc) is 3.28. The SMILES string of the molecule is CCC(C)c1c(C)nn(C(=O)C2CC(=O)N(Cc3ccco3)C2)c1C. The molecule has 3 rings (SSSR count). The molecule has 3 heterocycles. The zero-order valence-corrected chi connectivity index (χ0v) is 15.3. The van der Waals surface area contributed by atoms with Gasteiger partial charge in [-0.25, -0.2) is 4.68 Å². The maximum atomic E-state index is 12.9. The van der Waals surface area contributed by atoms with Crippen molar-refractivity contribution in [2.24, 2.45) is 5.92 Å². The van der Waals surface area contributed by atoms with E-state index in [2.05, 4.69) is 18.9 Å². The van der Waals surface area contributed by atoms with E-state index >= 15 is 0 Å². The summed E-state index contributed by atoms with van der Waals surface area (Å²) in [6, 6.07) is 3.63. The van der Waals surface area contributed by atoms with E-state index in [0.29, 0.717) is 19.0 Å². The molecule has 6 heteroatoms. The summed E-state index contributed by atoms with van der Waals surface area (Å²) in [4.78, 5) is 26.9. The summed E-state index contributed by atoms with van der Waals surface area (Å²) >= 11 is 0. The van der Waals surface area contributed by atoms with Gasteiger partial charge in [0.25, 0.3) is 5.91 Å². The fraction of sp³-hybridized carbons (Fsp3) is 0.526. The number of likely N-dealkylation sites (tertiary alicyclic amines) is 1. The highest BCUT2D eigenvalue weighted by molar-refractivity contribution is 5.90. The summed E-state index contributed by atoms with van der Waals surface area (Å²) < 4.78 is 6.81. The normalized spacial score (nSPS) is 18.8. The third-order valence-corrected chi connectivity index (χ3v) is 5.15. The van der Waals surface area contributed by atoms with Crippen LogP contribution in [0.2, 0.25) is 0 Å². The minimum absolute atomic E-state index is 0.0153. The monoisotopic (exact) mass is 343 g/mol. The molecule has 2 aromatic rings. The number of hydrogen-bond acceptors (Lipinski definition) is 4. The van der Waals surface area contributed by atoms with Crippen LogP contribution < -0.4 is 0 Å². The summed E-state index contributed by atoms with van der Waals surface area (Å²) in [7, 11) is 0. The van der Waals surface area contributed by atoms with Gasteiger partial charge < -0.3 is 9.32 Å². The van der Waals surface area contributed by atoms with Gasteiger partial charge in [0, 0.05) is 18.7 Å². The van der Waals surface area contributed by atoms with Crippen LogP contribution in [0.15, 0.2) is 22.8 Å². The Labute approximate surface area is 147 Å². The Hall–Kier alpha value is -2.37. The molecule has 1 fully saturated rings. The van der Waals surface area contributed by atoms with Crippen LogP contribution in [0, 0.1) is 19.8 Å². The number of furan rings is 1. The van der Waals surface area contributed by atoms with E-state index in [0.717, 1.165) is 29.1 Å². The second kappa shape index (κ2) is 6.86. The van der Waals surface area contributed by atoms with Gasteiger partial charge in [-0.3, -0.25) is 9.59 Å². The Balaban J connectivity index is 1.77. The van der Waals surface area contributed by atoms with E-state index in [-0.39, 0.29) is 24.2 Å². The molecule has 0 N–H and O–H groups in total. The Morgan fingerprint density at radius 1 is 1.44 bits per heavy atom. The van der Waals surface area contributed by atoms with Crippen LogP contribution in [0.3, 0.4) is 0 Å². The molecule has 134 valence electrons. The highest BCUT2D eigenvalue weighted by atomic mass is 16.3. The summed E-state index contributed by atoms with van der Waals surface area (Å²) in [5, 5.41) is 4.47. The van der Waals surface area contributed by atoms with Gasteiger partial charge in [0.05, 0.1) is 24.4 Å². The largest absolute Gasteiger partial charge is 0.467 e. The van der Waals surface area contributed by atoms with Crippen molar-refractivity contribution >= 4 is 11.8 Å². The summed E-state index contributed by atoms with van der Waals surface area (Å²) in [5.41, 5.74) is 2.94. The van der Waals surface area contributed by atoms with Crippen LogP contribution in [0.1, 0.15) is 60.1 Å². The Morgan fingerprint density at radius 3 is 2.84 bits per heavy atom. The number of carbonyl (C=O) groups is 2. The molecule has 1 aliphatic heterocycles. The lowest BCUT2D eigenvalue weighted by molar-refractivity contribution is -0.128. The molecule has 0 aromatic carbocycles. The first-order valence-electron chi connectivity index (χ1n) is 8.82. The van der Waals surface area contributed by atoms with Crippen LogP contribution >= 0.6 is 0 Å². The first-order valence-corrected chi connectivity index (χ1v) is 8.82. The van der Waals surface area contributed by atoms with Crippen molar-refractivity contribution in [2.75, 3.05) is 6.54 Å². The fourth-order valence-electron chi connectivity index (χ4n) is 3.64. The van der Waals surface area contributed by atoms with Crippen molar-refractivity contribution < 1.29 is 14.0 Å². The average molecular weight is 343 g/mol. The van der Waals surface area contributed by atoms with E-state index in [1.54, 1.807) is 17.2 Å². The number of amides is 1. The molecule has 1 amide bonds. The van der Waals surface area contributed by atoms with E-state index in [4.69, 9.17) is 4.42 Å². The minimum Gasteiger partial charge on any atom is -0.467 e. The molecule has 2 atom stereocenters. The van der Waals surface area contributed by atoms with Crippen LogP contribution in [0.5, 0.6) is 0 Å². The first kappa shape index (κ1) is 17.5. The minimum atomic E-state index is -0.356. The van der Waals surface area contributed by atoms with Gasteiger partial charge in [-0.05, 0) is 43.9 Å². The predicted molar refractivity (Wildman–Crippen MR) is 93.3 cm³/mol. The molecular weight excluding hydrogens is 318 g/mol. The van der Waals surface area contributed by atoms with Crippen LogP contribution in [-0.2, 0) is 11.3 Å².